The van der Waals surface area contributed by atoms with Crippen molar-refractivity contribution in [1.82, 2.24) is 9.29 Å². The van der Waals surface area contributed by atoms with Gasteiger partial charge in [-0.3, -0.25) is 0 Å². The molecule has 108 valence electrons. The quantitative estimate of drug-likeness (QED) is 0.777. The predicted molar refractivity (Wildman–Crippen MR) is 74.7 cm³/mol. The van der Waals surface area contributed by atoms with Crippen LogP contribution in [-0.4, -0.2) is 51.1 Å². The van der Waals surface area contributed by atoms with Crippen molar-refractivity contribution in [3.8, 4) is 0 Å². The predicted octanol–water partition coefficient (Wildman–Crippen LogP) is 1.17. The number of rotatable bonds is 8. The second-order valence-electron chi connectivity index (χ2n) is 3.90. The van der Waals surface area contributed by atoms with Crippen molar-refractivity contribution in [2.24, 2.45) is 0 Å². The van der Waals surface area contributed by atoms with Gasteiger partial charge in [0.05, 0.1) is 11.5 Å². The van der Waals surface area contributed by atoms with E-state index < -0.39 is 10.0 Å². The molecule has 1 aromatic heterocycles. The summed E-state index contributed by atoms with van der Waals surface area (Å²) in [7, 11) is -1.94. The van der Waals surface area contributed by atoms with E-state index in [2.05, 4.69) is 10.3 Å². The fourth-order valence-electron chi connectivity index (χ4n) is 1.64. The van der Waals surface area contributed by atoms with Crippen LogP contribution in [0.4, 0.5) is 5.82 Å². The van der Waals surface area contributed by atoms with Crippen LogP contribution in [0.3, 0.4) is 0 Å². The summed E-state index contributed by atoms with van der Waals surface area (Å²) in [6.45, 7) is 5.55. The monoisotopic (exact) mass is 287 g/mol. The lowest BCUT2D eigenvalue weighted by Crippen LogP contribution is -2.33. The number of methoxy groups -OCH3 is 1. The molecule has 1 rings (SSSR count). The van der Waals surface area contributed by atoms with Crippen LogP contribution in [0.15, 0.2) is 23.2 Å². The van der Waals surface area contributed by atoms with Crippen LogP contribution >= 0.6 is 0 Å². The molecule has 6 nitrogen and oxygen atoms in total. The summed E-state index contributed by atoms with van der Waals surface area (Å²) >= 11 is 0. The molecule has 19 heavy (non-hydrogen) atoms. The molecule has 0 fully saturated rings. The zero-order valence-corrected chi connectivity index (χ0v) is 12.4. The zero-order chi connectivity index (χ0) is 14.3. The third-order valence-electron chi connectivity index (χ3n) is 2.62. The number of ether oxygens (including phenoxy) is 1. The summed E-state index contributed by atoms with van der Waals surface area (Å²) in [5, 5.41) is 3.00. The Kier molecular flexibility index (Phi) is 6.20. The van der Waals surface area contributed by atoms with E-state index in [-0.39, 0.29) is 4.90 Å². The van der Waals surface area contributed by atoms with E-state index in [4.69, 9.17) is 4.74 Å². The molecule has 0 saturated heterocycles. The molecule has 0 atom stereocenters. The lowest BCUT2D eigenvalue weighted by atomic mass is 10.4. The molecule has 1 N–H and O–H groups in total. The number of sulfonamides is 1. The highest BCUT2D eigenvalue weighted by Gasteiger charge is 2.23. The van der Waals surface area contributed by atoms with E-state index >= 15 is 0 Å². The van der Waals surface area contributed by atoms with E-state index in [0.717, 1.165) is 0 Å². The molecule has 0 bridgehead atoms. The van der Waals surface area contributed by atoms with Crippen molar-refractivity contribution in [3.05, 3.63) is 18.3 Å². The number of hydrogen-bond acceptors (Lipinski definition) is 5. The summed E-state index contributed by atoms with van der Waals surface area (Å²) < 4.78 is 31.2. The maximum absolute atomic E-state index is 12.4. The Bertz CT molecular complexity index is 491. The molecule has 0 aliphatic heterocycles. The Balaban J connectivity index is 3.00. The van der Waals surface area contributed by atoms with E-state index in [9.17, 15) is 8.42 Å². The molecule has 1 heterocycles. The van der Waals surface area contributed by atoms with Crippen molar-refractivity contribution in [1.29, 1.82) is 0 Å². The van der Waals surface area contributed by atoms with Crippen LogP contribution in [0.5, 0.6) is 0 Å². The highest BCUT2D eigenvalue weighted by molar-refractivity contribution is 7.89. The average molecular weight is 287 g/mol. The van der Waals surface area contributed by atoms with Crippen LogP contribution in [0, 0.1) is 0 Å². The second-order valence-corrected chi connectivity index (χ2v) is 5.83. The Labute approximate surface area is 114 Å². The van der Waals surface area contributed by atoms with Gasteiger partial charge in [0.25, 0.3) is 0 Å². The molecular formula is C12H21N3O3S. The van der Waals surface area contributed by atoms with Crippen LogP contribution in [0.25, 0.3) is 0 Å². The van der Waals surface area contributed by atoms with Crippen molar-refractivity contribution in [3.63, 3.8) is 0 Å². The topological polar surface area (TPSA) is 71.5 Å². The molecule has 7 heteroatoms. The minimum absolute atomic E-state index is 0.247. The van der Waals surface area contributed by atoms with E-state index in [0.29, 0.717) is 32.1 Å². The smallest absolute Gasteiger partial charge is 0.243 e. The van der Waals surface area contributed by atoms with Gasteiger partial charge in [0.1, 0.15) is 5.82 Å². The first-order valence-corrected chi connectivity index (χ1v) is 7.69. The van der Waals surface area contributed by atoms with Crippen LogP contribution < -0.4 is 5.32 Å². The number of aromatic nitrogens is 1. The first kappa shape index (κ1) is 15.9. The maximum Gasteiger partial charge on any atom is 0.243 e. The molecule has 0 amide bonds. The fourth-order valence-corrected chi connectivity index (χ4v) is 3.09. The van der Waals surface area contributed by atoms with Gasteiger partial charge in [0.2, 0.25) is 10.0 Å². The normalized spacial score (nSPS) is 11.8. The fraction of sp³-hybridized carbons (Fsp3) is 0.583. The van der Waals surface area contributed by atoms with E-state index in [1.807, 2.05) is 6.92 Å². The minimum atomic E-state index is -3.49. The molecule has 0 aliphatic carbocycles. The highest BCUT2D eigenvalue weighted by atomic mass is 32.2. The van der Waals surface area contributed by atoms with Crippen molar-refractivity contribution in [2.45, 2.75) is 18.7 Å². The van der Waals surface area contributed by atoms with Crippen molar-refractivity contribution < 1.29 is 13.2 Å². The molecule has 0 spiro atoms. The standard InChI is InChI=1S/C12H21N3O3S/c1-4-13-12-10-11(6-7-14-12)19(16,17)15(5-2)8-9-18-3/h6-7,10H,4-5,8-9H2,1-3H3,(H,13,14). The summed E-state index contributed by atoms with van der Waals surface area (Å²) in [6, 6.07) is 3.06. The number of likely N-dealkylation sites (N-methyl/N-ethyl adjacent to an activating group) is 1. The maximum atomic E-state index is 12.4. The van der Waals surface area contributed by atoms with E-state index in [1.165, 1.54) is 16.6 Å². The average Bonchev–Trinajstić information content (AvgIpc) is 2.40. The summed E-state index contributed by atoms with van der Waals surface area (Å²) in [5.41, 5.74) is 0. The lowest BCUT2D eigenvalue weighted by molar-refractivity contribution is 0.180. The van der Waals surface area contributed by atoms with Gasteiger partial charge in [-0.25, -0.2) is 13.4 Å². The first-order valence-electron chi connectivity index (χ1n) is 6.25. The number of pyridine rings is 1. The molecular weight excluding hydrogens is 266 g/mol. The van der Waals surface area contributed by atoms with Crippen LogP contribution in [0.1, 0.15) is 13.8 Å². The third kappa shape index (κ3) is 4.15. The SMILES string of the molecule is CCNc1cc(S(=O)(=O)N(CC)CCOC)ccn1. The molecule has 0 aromatic carbocycles. The Morgan fingerprint density at radius 1 is 1.42 bits per heavy atom. The highest BCUT2D eigenvalue weighted by Crippen LogP contribution is 2.17. The van der Waals surface area contributed by atoms with Crippen molar-refractivity contribution >= 4 is 15.8 Å². The Morgan fingerprint density at radius 3 is 2.74 bits per heavy atom. The molecule has 1 aromatic rings. The number of nitrogens with one attached hydrogen (secondary N) is 1. The molecule has 0 saturated carbocycles. The second kappa shape index (κ2) is 7.42. The Hall–Kier alpha value is -1.18. The van der Waals surface area contributed by atoms with E-state index in [1.54, 1.807) is 20.1 Å². The number of nitrogens with zero attached hydrogens (tertiary/aromatic N) is 2. The molecule has 0 aliphatic rings. The lowest BCUT2D eigenvalue weighted by Gasteiger charge is -2.20. The van der Waals surface area contributed by atoms with Gasteiger partial charge >= 0.3 is 0 Å². The molecule has 0 unspecified atom stereocenters. The summed E-state index contributed by atoms with van der Waals surface area (Å²) in [5.74, 6) is 0.561. The van der Waals surface area contributed by atoms with Gasteiger partial charge in [0.15, 0.2) is 0 Å². The minimum Gasteiger partial charge on any atom is -0.383 e. The van der Waals surface area contributed by atoms with Crippen molar-refractivity contribution in [2.75, 3.05) is 38.7 Å². The van der Waals surface area contributed by atoms with Gasteiger partial charge in [-0.1, -0.05) is 6.92 Å². The molecule has 0 radical (unpaired) electrons. The zero-order valence-electron chi connectivity index (χ0n) is 11.6. The summed E-state index contributed by atoms with van der Waals surface area (Å²) in [4.78, 5) is 4.32. The third-order valence-corrected chi connectivity index (χ3v) is 4.59. The van der Waals surface area contributed by atoms with Crippen LogP contribution in [0.2, 0.25) is 0 Å². The van der Waals surface area contributed by atoms with Gasteiger partial charge in [0, 0.05) is 39.0 Å². The summed E-state index contributed by atoms with van der Waals surface area (Å²) in [6.07, 6.45) is 1.50. The number of hydrogen-bond donors (Lipinski definition) is 1. The van der Waals surface area contributed by atoms with Gasteiger partial charge in [-0.05, 0) is 13.0 Å². The first-order chi connectivity index (χ1) is 9.06. The van der Waals surface area contributed by atoms with Gasteiger partial charge < -0.3 is 10.1 Å². The Morgan fingerprint density at radius 2 is 2.16 bits per heavy atom. The number of anilines is 1. The largest absolute Gasteiger partial charge is 0.383 e. The van der Waals surface area contributed by atoms with Crippen LogP contribution in [-0.2, 0) is 14.8 Å². The van der Waals surface area contributed by atoms with Gasteiger partial charge in [-0.2, -0.15) is 4.31 Å². The van der Waals surface area contributed by atoms with Gasteiger partial charge in [-0.15, -0.1) is 0 Å².